The molecule has 2 aromatic carbocycles. The zero-order valence-electron chi connectivity index (χ0n) is 9.60. The van der Waals surface area contributed by atoms with E-state index in [1.807, 2.05) is 30.3 Å². The SMILES string of the molecule is Nc1ccc(C(=O)OCc2ccccc2)c(F)c1. The molecule has 0 aliphatic carbocycles. The second kappa shape index (κ2) is 5.31. The van der Waals surface area contributed by atoms with E-state index in [1.54, 1.807) is 0 Å². The van der Waals surface area contributed by atoms with E-state index in [4.69, 9.17) is 10.5 Å². The Hall–Kier alpha value is -2.36. The van der Waals surface area contributed by atoms with Crippen LogP contribution in [0.2, 0.25) is 0 Å². The first kappa shape index (κ1) is 12.1. The van der Waals surface area contributed by atoms with Crippen molar-refractivity contribution in [3.8, 4) is 0 Å². The fourth-order valence-corrected chi connectivity index (χ4v) is 1.50. The van der Waals surface area contributed by atoms with Gasteiger partial charge in [-0.2, -0.15) is 0 Å². The van der Waals surface area contributed by atoms with Gasteiger partial charge in [-0.1, -0.05) is 30.3 Å². The number of anilines is 1. The standard InChI is InChI=1S/C14H12FNO2/c15-13-8-11(16)6-7-12(13)14(17)18-9-10-4-2-1-3-5-10/h1-8H,9,16H2. The Kier molecular flexibility index (Phi) is 3.57. The number of carbonyl (C=O) groups excluding carboxylic acids is 1. The topological polar surface area (TPSA) is 52.3 Å². The minimum Gasteiger partial charge on any atom is -0.457 e. The molecule has 18 heavy (non-hydrogen) atoms. The van der Waals surface area contributed by atoms with Crippen molar-refractivity contribution in [3.63, 3.8) is 0 Å². The molecule has 0 saturated carbocycles. The van der Waals surface area contributed by atoms with Gasteiger partial charge in [-0.05, 0) is 23.8 Å². The van der Waals surface area contributed by atoms with Crippen molar-refractivity contribution in [1.29, 1.82) is 0 Å². The highest BCUT2D eigenvalue weighted by atomic mass is 19.1. The minimum atomic E-state index is -0.698. The number of halogens is 1. The van der Waals surface area contributed by atoms with Crippen LogP contribution in [0.5, 0.6) is 0 Å². The molecule has 0 saturated heterocycles. The van der Waals surface area contributed by atoms with E-state index in [9.17, 15) is 9.18 Å². The normalized spacial score (nSPS) is 10.1. The van der Waals surface area contributed by atoms with Crippen LogP contribution in [0.4, 0.5) is 10.1 Å². The number of hydrogen-bond acceptors (Lipinski definition) is 3. The van der Waals surface area contributed by atoms with Crippen LogP contribution in [-0.2, 0) is 11.3 Å². The van der Waals surface area contributed by atoms with Gasteiger partial charge in [-0.25, -0.2) is 9.18 Å². The quantitative estimate of drug-likeness (QED) is 0.668. The molecule has 0 fully saturated rings. The van der Waals surface area contributed by atoms with Gasteiger partial charge < -0.3 is 10.5 Å². The number of nitrogen functional groups attached to an aromatic ring is 1. The molecule has 0 radical (unpaired) electrons. The van der Waals surface area contributed by atoms with Crippen molar-refractivity contribution in [2.24, 2.45) is 0 Å². The summed E-state index contributed by atoms with van der Waals surface area (Å²) >= 11 is 0. The molecular weight excluding hydrogens is 233 g/mol. The molecule has 0 aromatic heterocycles. The summed E-state index contributed by atoms with van der Waals surface area (Å²) in [5.74, 6) is -1.37. The lowest BCUT2D eigenvalue weighted by Crippen LogP contribution is -2.08. The Morgan fingerprint density at radius 3 is 2.56 bits per heavy atom. The summed E-state index contributed by atoms with van der Waals surface area (Å²) in [6.45, 7) is 0.115. The van der Waals surface area contributed by atoms with Crippen LogP contribution < -0.4 is 5.73 Å². The lowest BCUT2D eigenvalue weighted by Gasteiger charge is -2.06. The Morgan fingerprint density at radius 1 is 1.17 bits per heavy atom. The number of benzene rings is 2. The molecule has 0 aliphatic rings. The maximum atomic E-state index is 13.4. The lowest BCUT2D eigenvalue weighted by molar-refractivity contribution is 0.0467. The second-order valence-corrected chi connectivity index (χ2v) is 3.80. The molecule has 92 valence electrons. The molecule has 4 heteroatoms. The predicted molar refractivity (Wildman–Crippen MR) is 66.4 cm³/mol. The van der Waals surface area contributed by atoms with Crippen LogP contribution in [0.3, 0.4) is 0 Å². The highest BCUT2D eigenvalue weighted by molar-refractivity contribution is 5.90. The van der Waals surface area contributed by atoms with Crippen LogP contribution in [0, 0.1) is 5.82 Å². The summed E-state index contributed by atoms with van der Waals surface area (Å²) in [5, 5.41) is 0. The van der Waals surface area contributed by atoms with Crippen molar-refractivity contribution < 1.29 is 13.9 Å². The van der Waals surface area contributed by atoms with Gasteiger partial charge in [0.15, 0.2) is 0 Å². The summed E-state index contributed by atoms with van der Waals surface area (Å²) < 4.78 is 18.5. The molecule has 0 spiro atoms. The van der Waals surface area contributed by atoms with E-state index in [-0.39, 0.29) is 17.9 Å². The monoisotopic (exact) mass is 245 g/mol. The third-order valence-corrected chi connectivity index (χ3v) is 2.43. The number of esters is 1. The largest absolute Gasteiger partial charge is 0.457 e. The summed E-state index contributed by atoms with van der Waals surface area (Å²) in [4.78, 5) is 11.6. The molecule has 0 bridgehead atoms. The van der Waals surface area contributed by atoms with Crippen molar-refractivity contribution in [2.45, 2.75) is 6.61 Å². The Morgan fingerprint density at radius 2 is 1.89 bits per heavy atom. The number of rotatable bonds is 3. The smallest absolute Gasteiger partial charge is 0.341 e. The first-order valence-corrected chi connectivity index (χ1v) is 5.43. The van der Waals surface area contributed by atoms with Crippen LogP contribution in [-0.4, -0.2) is 5.97 Å². The highest BCUT2D eigenvalue weighted by Crippen LogP contribution is 2.13. The third kappa shape index (κ3) is 2.85. The van der Waals surface area contributed by atoms with Gasteiger partial charge in [0, 0.05) is 5.69 Å². The van der Waals surface area contributed by atoms with E-state index in [2.05, 4.69) is 0 Å². The van der Waals surface area contributed by atoms with Gasteiger partial charge in [0.2, 0.25) is 0 Å². The number of carbonyl (C=O) groups is 1. The van der Waals surface area contributed by atoms with Crippen LogP contribution in [0.1, 0.15) is 15.9 Å². The number of nitrogens with two attached hydrogens (primary N) is 1. The van der Waals surface area contributed by atoms with Crippen LogP contribution in [0.25, 0.3) is 0 Å². The Balaban J connectivity index is 2.04. The van der Waals surface area contributed by atoms with E-state index in [0.717, 1.165) is 11.6 Å². The molecule has 0 unspecified atom stereocenters. The van der Waals surface area contributed by atoms with Crippen LogP contribution in [0.15, 0.2) is 48.5 Å². The molecule has 3 nitrogen and oxygen atoms in total. The molecule has 2 rings (SSSR count). The average molecular weight is 245 g/mol. The van der Waals surface area contributed by atoms with Crippen molar-refractivity contribution in [1.82, 2.24) is 0 Å². The average Bonchev–Trinajstić information content (AvgIpc) is 2.37. The van der Waals surface area contributed by atoms with Gasteiger partial charge >= 0.3 is 5.97 Å². The molecular formula is C14H12FNO2. The van der Waals surface area contributed by atoms with Gasteiger partial charge in [0.1, 0.15) is 12.4 Å². The fraction of sp³-hybridized carbons (Fsp3) is 0.0714. The van der Waals surface area contributed by atoms with E-state index in [0.29, 0.717) is 0 Å². The summed E-state index contributed by atoms with van der Waals surface area (Å²) in [7, 11) is 0. The predicted octanol–water partition coefficient (Wildman–Crippen LogP) is 2.76. The first-order valence-electron chi connectivity index (χ1n) is 5.43. The Bertz CT molecular complexity index is 555. The fourth-order valence-electron chi connectivity index (χ4n) is 1.50. The van der Waals surface area contributed by atoms with E-state index >= 15 is 0 Å². The molecule has 2 N–H and O–H groups in total. The van der Waals surface area contributed by atoms with Gasteiger partial charge in [0.05, 0.1) is 5.56 Å². The molecule has 0 amide bonds. The van der Waals surface area contributed by atoms with Gasteiger partial charge in [-0.3, -0.25) is 0 Å². The van der Waals surface area contributed by atoms with Crippen molar-refractivity contribution in [3.05, 3.63) is 65.5 Å². The molecule has 0 heterocycles. The summed E-state index contributed by atoms with van der Waals surface area (Å²) in [5.41, 5.74) is 6.41. The van der Waals surface area contributed by atoms with Gasteiger partial charge in [-0.15, -0.1) is 0 Å². The van der Waals surface area contributed by atoms with Crippen molar-refractivity contribution in [2.75, 3.05) is 5.73 Å². The zero-order chi connectivity index (χ0) is 13.0. The second-order valence-electron chi connectivity index (χ2n) is 3.80. The van der Waals surface area contributed by atoms with E-state index < -0.39 is 11.8 Å². The first-order chi connectivity index (χ1) is 8.66. The maximum Gasteiger partial charge on any atom is 0.341 e. The summed E-state index contributed by atoms with van der Waals surface area (Å²) in [6.07, 6.45) is 0. The summed E-state index contributed by atoms with van der Waals surface area (Å²) in [6, 6.07) is 13.1. The number of ether oxygens (including phenoxy) is 1. The van der Waals surface area contributed by atoms with Gasteiger partial charge in [0.25, 0.3) is 0 Å². The molecule has 0 aliphatic heterocycles. The lowest BCUT2D eigenvalue weighted by atomic mass is 10.2. The highest BCUT2D eigenvalue weighted by Gasteiger charge is 2.13. The zero-order valence-corrected chi connectivity index (χ0v) is 9.60. The maximum absolute atomic E-state index is 13.4. The molecule has 2 aromatic rings. The van der Waals surface area contributed by atoms with Crippen molar-refractivity contribution >= 4 is 11.7 Å². The number of hydrogen-bond donors (Lipinski definition) is 1. The van der Waals surface area contributed by atoms with Crippen LogP contribution >= 0.6 is 0 Å². The molecule has 0 atom stereocenters. The minimum absolute atomic E-state index is 0.111. The van der Waals surface area contributed by atoms with E-state index in [1.165, 1.54) is 12.1 Å². The Labute approximate surface area is 104 Å². The third-order valence-electron chi connectivity index (χ3n) is 2.43.